The van der Waals surface area contributed by atoms with E-state index in [-0.39, 0.29) is 73.0 Å². The van der Waals surface area contributed by atoms with Gasteiger partial charge in [0.25, 0.3) is 0 Å². The van der Waals surface area contributed by atoms with Crippen LogP contribution in [-0.2, 0) is 27.4 Å². The van der Waals surface area contributed by atoms with Gasteiger partial charge >= 0.3 is 24.1 Å². The van der Waals surface area contributed by atoms with Crippen LogP contribution < -0.4 is 20.9 Å². The molecular weight excluding hydrogens is 871 g/mol. The molecule has 2 heterocycles. The molecule has 0 aliphatic carbocycles. The molecule has 0 aromatic heterocycles. The summed E-state index contributed by atoms with van der Waals surface area (Å²) in [6.45, 7) is 0.0331. The highest BCUT2D eigenvalue weighted by Crippen LogP contribution is 2.27. The second-order valence-corrected chi connectivity index (χ2v) is 14.0. The molecule has 22 heteroatoms. The van der Waals surface area contributed by atoms with E-state index >= 15 is 0 Å². The van der Waals surface area contributed by atoms with Gasteiger partial charge in [0.2, 0.25) is 0 Å². The molecule has 342 valence electrons. The topological polar surface area (TPSA) is 155 Å². The van der Waals surface area contributed by atoms with Crippen LogP contribution >= 0.6 is 0 Å². The third kappa shape index (κ3) is 12.6. The van der Waals surface area contributed by atoms with Crippen molar-refractivity contribution in [2.45, 2.75) is 19.3 Å². The molecule has 2 aliphatic rings. The molecule has 2 fully saturated rings. The third-order valence-corrected chi connectivity index (χ3v) is 9.69. The average Bonchev–Trinajstić information content (AvgIpc) is 3.27. The molecule has 64 heavy (non-hydrogen) atoms. The van der Waals surface area contributed by atoms with E-state index in [1.54, 1.807) is 0 Å². The number of ether oxygens (including phenoxy) is 2. The van der Waals surface area contributed by atoms with E-state index < -0.39 is 83.7 Å². The molecule has 6 rings (SSSR count). The Morgan fingerprint density at radius 1 is 0.578 bits per heavy atom. The molecule has 0 unspecified atom stereocenters. The van der Waals surface area contributed by atoms with Crippen LogP contribution in [-0.4, -0.2) is 111 Å². The molecule has 0 atom stereocenters. The predicted molar refractivity (Wildman–Crippen MR) is 210 cm³/mol. The zero-order chi connectivity index (χ0) is 46.7. The van der Waals surface area contributed by atoms with Gasteiger partial charge in [0, 0.05) is 60.6 Å². The van der Waals surface area contributed by atoms with Crippen LogP contribution in [0.2, 0.25) is 0 Å². The van der Waals surface area contributed by atoms with Gasteiger partial charge in [0.15, 0.2) is 11.6 Å². The SMILES string of the molecule is NCC(=O)c1ccc(CN(C(=O)N2CCOCC2)c2ccc(F)cc2F)c(F)c1.O=C(CNC(=O)C(F)(F)F)c1ccc(CN(C(=O)N2CCOCC2)c2ccc(F)cc2F)c(F)c1. The van der Waals surface area contributed by atoms with Gasteiger partial charge in [-0.05, 0) is 36.4 Å². The summed E-state index contributed by atoms with van der Waals surface area (Å²) in [7, 11) is 0. The first-order chi connectivity index (χ1) is 30.4. The van der Waals surface area contributed by atoms with Crippen LogP contribution in [0.25, 0.3) is 0 Å². The summed E-state index contributed by atoms with van der Waals surface area (Å²) < 4.78 is 132. The van der Waals surface area contributed by atoms with Gasteiger partial charge in [-0.15, -0.1) is 0 Å². The van der Waals surface area contributed by atoms with Crippen molar-refractivity contribution in [3.8, 4) is 0 Å². The number of urea groups is 2. The van der Waals surface area contributed by atoms with Crippen molar-refractivity contribution >= 4 is 40.9 Å². The molecule has 0 saturated carbocycles. The summed E-state index contributed by atoms with van der Waals surface area (Å²) >= 11 is 0. The molecule has 5 amide bonds. The van der Waals surface area contributed by atoms with Gasteiger partial charge in [-0.25, -0.2) is 35.9 Å². The van der Waals surface area contributed by atoms with E-state index in [4.69, 9.17) is 15.2 Å². The number of morpholine rings is 2. The number of halogens is 9. The van der Waals surface area contributed by atoms with Gasteiger partial charge < -0.3 is 30.3 Å². The third-order valence-electron chi connectivity index (χ3n) is 9.69. The largest absolute Gasteiger partial charge is 0.471 e. The summed E-state index contributed by atoms with van der Waals surface area (Å²) in [6, 6.07) is 10.8. The Bertz CT molecular complexity index is 2360. The number of hydrogen-bond donors (Lipinski definition) is 2. The zero-order valence-corrected chi connectivity index (χ0v) is 33.5. The lowest BCUT2D eigenvalue weighted by Gasteiger charge is -2.33. The number of alkyl halides is 3. The van der Waals surface area contributed by atoms with E-state index in [9.17, 15) is 63.5 Å². The summed E-state index contributed by atoms with van der Waals surface area (Å²) in [4.78, 5) is 65.4. The van der Waals surface area contributed by atoms with Crippen molar-refractivity contribution in [2.75, 3.05) is 75.5 Å². The minimum absolute atomic E-state index is 0.0731. The molecule has 0 radical (unpaired) electrons. The fourth-order valence-electron chi connectivity index (χ4n) is 6.28. The number of benzene rings is 4. The predicted octanol–water partition coefficient (Wildman–Crippen LogP) is 6.13. The Morgan fingerprint density at radius 3 is 1.34 bits per heavy atom. The second-order valence-electron chi connectivity index (χ2n) is 14.0. The fraction of sp³-hybridized carbons (Fsp3) is 0.310. The highest BCUT2D eigenvalue weighted by atomic mass is 19.4. The van der Waals surface area contributed by atoms with Crippen LogP contribution in [0.15, 0.2) is 72.8 Å². The van der Waals surface area contributed by atoms with E-state index in [0.717, 1.165) is 58.3 Å². The standard InChI is InChI=1S/C22H19F6N3O4.C20H20F3N3O3/c23-15-3-4-18(17(25)10-15)31(21(34)30-5-7-35-8-6-30)12-14-2-1-13(9-16(14)24)19(32)11-29-20(33)22(26,27)28;21-15-3-4-18(17(23)10-15)26(20(28)25-5-7-29-8-6-25)12-14-2-1-13(9-16(14)22)19(27)11-24/h1-4,9-10H,5-8,11-12H2,(H,29,33);1-4,9-10H,5-8,11-12,24H2. The highest BCUT2D eigenvalue weighted by Gasteiger charge is 2.38. The number of carbonyl (C=O) groups excluding carboxylic acids is 5. The summed E-state index contributed by atoms with van der Waals surface area (Å²) in [5.74, 6) is -9.13. The summed E-state index contributed by atoms with van der Waals surface area (Å²) in [5.41, 5.74) is 4.51. The number of anilines is 2. The van der Waals surface area contributed by atoms with Crippen molar-refractivity contribution in [1.29, 1.82) is 0 Å². The number of amides is 5. The van der Waals surface area contributed by atoms with Crippen LogP contribution in [0, 0.1) is 34.9 Å². The van der Waals surface area contributed by atoms with Gasteiger partial charge in [0.05, 0.1) is 64.0 Å². The normalized spacial score (nSPS) is 14.0. The molecule has 13 nitrogen and oxygen atoms in total. The molecule has 4 aromatic rings. The maximum atomic E-state index is 14.8. The van der Waals surface area contributed by atoms with E-state index in [0.29, 0.717) is 38.4 Å². The minimum atomic E-state index is -5.18. The fourth-order valence-corrected chi connectivity index (χ4v) is 6.28. The average molecular weight is 911 g/mol. The number of carbonyl (C=O) groups is 5. The Hall–Kier alpha value is -6.52. The van der Waals surface area contributed by atoms with Crippen molar-refractivity contribution in [1.82, 2.24) is 15.1 Å². The van der Waals surface area contributed by atoms with Crippen LogP contribution in [0.1, 0.15) is 31.8 Å². The lowest BCUT2D eigenvalue weighted by atomic mass is 10.1. The van der Waals surface area contributed by atoms with Gasteiger partial charge in [0.1, 0.15) is 34.9 Å². The lowest BCUT2D eigenvalue weighted by molar-refractivity contribution is -0.173. The van der Waals surface area contributed by atoms with Crippen molar-refractivity contribution in [3.63, 3.8) is 0 Å². The number of ketones is 2. The van der Waals surface area contributed by atoms with Crippen LogP contribution in [0.4, 0.5) is 60.5 Å². The van der Waals surface area contributed by atoms with Crippen molar-refractivity contribution < 1.29 is 73.0 Å². The van der Waals surface area contributed by atoms with Crippen molar-refractivity contribution in [2.24, 2.45) is 5.73 Å². The number of Topliss-reactive ketones (excluding diaryl/α,β-unsaturated/α-hetero) is 2. The molecule has 2 aliphatic heterocycles. The van der Waals surface area contributed by atoms with Gasteiger partial charge in [-0.1, -0.05) is 24.3 Å². The first-order valence-electron chi connectivity index (χ1n) is 19.2. The Labute approximate surface area is 359 Å². The molecule has 0 spiro atoms. The quantitative estimate of drug-likeness (QED) is 0.135. The molecule has 4 aromatic carbocycles. The van der Waals surface area contributed by atoms with Gasteiger partial charge in [-0.2, -0.15) is 13.2 Å². The van der Waals surface area contributed by atoms with Crippen LogP contribution in [0.5, 0.6) is 0 Å². The monoisotopic (exact) mass is 910 g/mol. The number of nitrogens with one attached hydrogen (secondary N) is 1. The maximum absolute atomic E-state index is 14.8. The minimum Gasteiger partial charge on any atom is -0.378 e. The van der Waals surface area contributed by atoms with Crippen molar-refractivity contribution in [3.05, 3.63) is 130 Å². The number of nitrogens with zero attached hydrogens (tertiary/aromatic N) is 4. The molecule has 0 bridgehead atoms. The maximum Gasteiger partial charge on any atom is 0.471 e. The van der Waals surface area contributed by atoms with E-state index in [1.165, 1.54) is 27.2 Å². The second kappa shape index (κ2) is 21.7. The van der Waals surface area contributed by atoms with E-state index in [1.807, 2.05) is 0 Å². The molecule has 3 N–H and O–H groups in total. The Kier molecular flexibility index (Phi) is 16.5. The molecular formula is C42H39F9N6O7. The molecule has 2 saturated heterocycles. The highest BCUT2D eigenvalue weighted by molar-refractivity contribution is 6.00. The first kappa shape index (κ1) is 48.5. The Balaban J connectivity index is 0.000000245. The zero-order valence-electron chi connectivity index (χ0n) is 33.5. The van der Waals surface area contributed by atoms with Gasteiger partial charge in [-0.3, -0.25) is 24.2 Å². The number of hydrogen-bond acceptors (Lipinski definition) is 8. The van der Waals surface area contributed by atoms with E-state index in [2.05, 4.69) is 0 Å². The smallest absolute Gasteiger partial charge is 0.378 e. The lowest BCUT2D eigenvalue weighted by Crippen LogP contribution is -2.48. The number of rotatable bonds is 11. The summed E-state index contributed by atoms with van der Waals surface area (Å²) in [6.07, 6.45) is -5.18. The summed E-state index contributed by atoms with van der Waals surface area (Å²) in [5, 5.41) is 1.39. The first-order valence-corrected chi connectivity index (χ1v) is 19.2. The Morgan fingerprint density at radius 2 is 0.984 bits per heavy atom. The number of nitrogens with two attached hydrogens (primary N) is 1. The van der Waals surface area contributed by atoms with Crippen LogP contribution in [0.3, 0.4) is 0 Å².